The maximum absolute atomic E-state index is 13.9. The molecule has 3 nitrogen and oxygen atoms in total. The minimum Gasteiger partial charge on any atom is -0.388 e. The van der Waals surface area contributed by atoms with Crippen LogP contribution in [-0.4, -0.2) is 52.9 Å². The molecule has 2 N–H and O–H groups in total. The highest BCUT2D eigenvalue weighted by molar-refractivity contribution is 5.29. The summed E-state index contributed by atoms with van der Waals surface area (Å²) in [5.41, 5.74) is 3.42. The standard InChI is InChI=1S/C29H45F2NO2/c1-19(17-32-14-6-8-23(18-32)29(4,30)31)24-11-12-25-22(7-5-13-28(24,25)3)10-9-21-15-26(33)20(2)27(34)16-21/h9-10,19,23-27,33-34H,2,5-8,11-18H2,1,3-4H3/b22-10+/t19-,23+,24-,25+,26-,27-,28-/m1/s1. The van der Waals surface area contributed by atoms with Gasteiger partial charge in [-0.3, -0.25) is 0 Å². The van der Waals surface area contributed by atoms with Crippen molar-refractivity contribution in [3.8, 4) is 0 Å². The number of allylic oxidation sites excluding steroid dienone is 3. The number of aliphatic hydroxyl groups is 2. The molecule has 1 aliphatic heterocycles. The van der Waals surface area contributed by atoms with Crippen molar-refractivity contribution in [2.24, 2.45) is 29.1 Å². The monoisotopic (exact) mass is 477 g/mol. The van der Waals surface area contributed by atoms with Crippen molar-refractivity contribution in [3.63, 3.8) is 0 Å². The Morgan fingerprint density at radius 2 is 1.85 bits per heavy atom. The van der Waals surface area contributed by atoms with Crippen LogP contribution in [0.5, 0.6) is 0 Å². The number of hydrogen-bond acceptors (Lipinski definition) is 3. The molecule has 34 heavy (non-hydrogen) atoms. The molecule has 0 aromatic heterocycles. The molecule has 0 aromatic rings. The predicted octanol–water partition coefficient (Wildman–Crippen LogP) is 6.13. The highest BCUT2D eigenvalue weighted by atomic mass is 19.3. The number of likely N-dealkylation sites (tertiary alicyclic amines) is 1. The van der Waals surface area contributed by atoms with Gasteiger partial charge in [0.05, 0.1) is 12.2 Å². The Morgan fingerprint density at radius 1 is 1.15 bits per heavy atom. The average molecular weight is 478 g/mol. The van der Waals surface area contributed by atoms with E-state index in [0.29, 0.717) is 49.1 Å². The number of hydrogen-bond donors (Lipinski definition) is 2. The van der Waals surface area contributed by atoms with Crippen LogP contribution in [0.2, 0.25) is 0 Å². The topological polar surface area (TPSA) is 43.7 Å². The Labute approximate surface area is 205 Å². The lowest BCUT2D eigenvalue weighted by Crippen LogP contribution is -2.46. The number of aliphatic hydroxyl groups excluding tert-OH is 2. The molecule has 0 aromatic carbocycles. The summed E-state index contributed by atoms with van der Waals surface area (Å²) in [5, 5.41) is 20.3. The Balaban J connectivity index is 1.42. The fourth-order valence-electron chi connectivity index (χ4n) is 7.81. The van der Waals surface area contributed by atoms with Crippen molar-refractivity contribution in [2.75, 3.05) is 19.6 Å². The van der Waals surface area contributed by atoms with Gasteiger partial charge in [0.2, 0.25) is 5.92 Å². The lowest BCUT2D eigenvalue weighted by atomic mass is 9.61. The summed E-state index contributed by atoms with van der Waals surface area (Å²) in [6, 6.07) is 0. The van der Waals surface area contributed by atoms with E-state index in [0.717, 1.165) is 38.4 Å². The fourth-order valence-corrected chi connectivity index (χ4v) is 7.81. The second kappa shape index (κ2) is 10.1. The fraction of sp³-hybridized carbons (Fsp3) is 0.793. The largest absolute Gasteiger partial charge is 0.388 e. The highest BCUT2D eigenvalue weighted by Crippen LogP contribution is 2.59. The van der Waals surface area contributed by atoms with Crippen LogP contribution < -0.4 is 0 Å². The molecule has 0 radical (unpaired) electrons. The van der Waals surface area contributed by atoms with E-state index < -0.39 is 24.0 Å². The maximum Gasteiger partial charge on any atom is 0.249 e. The van der Waals surface area contributed by atoms with Gasteiger partial charge in [0.1, 0.15) is 0 Å². The van der Waals surface area contributed by atoms with E-state index in [1.54, 1.807) is 0 Å². The number of fused-ring (bicyclic) bond motifs is 1. The van der Waals surface area contributed by atoms with Gasteiger partial charge in [-0.1, -0.05) is 43.7 Å². The van der Waals surface area contributed by atoms with E-state index in [1.807, 2.05) is 0 Å². The van der Waals surface area contributed by atoms with Crippen LogP contribution in [0.15, 0.2) is 35.5 Å². The maximum atomic E-state index is 13.9. The first-order valence-corrected chi connectivity index (χ1v) is 13.5. The van der Waals surface area contributed by atoms with Crippen LogP contribution in [0.3, 0.4) is 0 Å². The average Bonchev–Trinajstić information content (AvgIpc) is 3.13. The van der Waals surface area contributed by atoms with Gasteiger partial charge in [-0.15, -0.1) is 0 Å². The normalized spacial score (nSPS) is 39.9. The zero-order chi connectivity index (χ0) is 24.7. The van der Waals surface area contributed by atoms with Crippen LogP contribution >= 0.6 is 0 Å². The molecule has 3 saturated carbocycles. The summed E-state index contributed by atoms with van der Waals surface area (Å²) in [6.45, 7) is 12.1. The number of halogens is 2. The molecule has 1 saturated heterocycles. The third-order valence-corrected chi connectivity index (χ3v) is 9.79. The molecule has 192 valence electrons. The molecule has 0 bridgehead atoms. The van der Waals surface area contributed by atoms with Crippen molar-refractivity contribution in [1.29, 1.82) is 0 Å². The minimum atomic E-state index is -2.58. The van der Waals surface area contributed by atoms with Crippen LogP contribution in [-0.2, 0) is 0 Å². The Hall–Kier alpha value is -1.04. The van der Waals surface area contributed by atoms with E-state index >= 15 is 0 Å². The first kappa shape index (κ1) is 26.0. The second-order valence-corrected chi connectivity index (χ2v) is 12.2. The number of alkyl halides is 2. The Bertz CT molecular complexity index is 799. The second-order valence-electron chi connectivity index (χ2n) is 12.2. The van der Waals surface area contributed by atoms with Crippen molar-refractivity contribution in [1.82, 2.24) is 4.90 Å². The lowest BCUT2D eigenvalue weighted by molar-refractivity contribution is -0.0695. The van der Waals surface area contributed by atoms with Crippen LogP contribution in [0, 0.1) is 29.1 Å². The van der Waals surface area contributed by atoms with Gasteiger partial charge in [0.15, 0.2) is 0 Å². The predicted molar refractivity (Wildman–Crippen MR) is 134 cm³/mol. The number of piperidine rings is 1. The van der Waals surface area contributed by atoms with Crippen LogP contribution in [0.4, 0.5) is 8.78 Å². The summed E-state index contributed by atoms with van der Waals surface area (Å²) in [6.07, 6.45) is 11.8. The molecule has 0 spiro atoms. The summed E-state index contributed by atoms with van der Waals surface area (Å²) >= 11 is 0. The van der Waals surface area contributed by atoms with Crippen molar-refractivity contribution in [3.05, 3.63) is 35.5 Å². The quantitative estimate of drug-likeness (QED) is 0.468. The molecule has 7 atom stereocenters. The summed E-state index contributed by atoms with van der Waals surface area (Å²) in [5.74, 6) is -1.38. The number of rotatable bonds is 5. The van der Waals surface area contributed by atoms with Gasteiger partial charge < -0.3 is 15.1 Å². The summed E-state index contributed by atoms with van der Waals surface area (Å²) in [4.78, 5) is 2.31. The van der Waals surface area contributed by atoms with Crippen molar-refractivity contribution >= 4 is 0 Å². The van der Waals surface area contributed by atoms with Gasteiger partial charge in [-0.25, -0.2) is 8.78 Å². The van der Waals surface area contributed by atoms with Gasteiger partial charge >= 0.3 is 0 Å². The third kappa shape index (κ3) is 5.37. The third-order valence-electron chi connectivity index (χ3n) is 9.79. The summed E-state index contributed by atoms with van der Waals surface area (Å²) < 4.78 is 27.9. The summed E-state index contributed by atoms with van der Waals surface area (Å²) in [7, 11) is 0. The molecule has 4 rings (SSSR count). The lowest BCUT2D eigenvalue weighted by Gasteiger charge is -2.46. The van der Waals surface area contributed by atoms with E-state index in [9.17, 15) is 19.0 Å². The molecule has 0 amide bonds. The molecule has 4 fully saturated rings. The Morgan fingerprint density at radius 3 is 2.53 bits per heavy atom. The number of nitrogens with zero attached hydrogens (tertiary/aromatic N) is 1. The minimum absolute atomic E-state index is 0.270. The Kier molecular flexibility index (Phi) is 7.77. The van der Waals surface area contributed by atoms with E-state index in [2.05, 4.69) is 37.5 Å². The zero-order valence-corrected chi connectivity index (χ0v) is 21.4. The molecular weight excluding hydrogens is 432 g/mol. The molecule has 3 aliphatic carbocycles. The first-order chi connectivity index (χ1) is 16.0. The van der Waals surface area contributed by atoms with Gasteiger partial charge in [0, 0.05) is 19.0 Å². The van der Waals surface area contributed by atoms with E-state index in [-0.39, 0.29) is 5.41 Å². The van der Waals surface area contributed by atoms with E-state index in [1.165, 1.54) is 31.3 Å². The van der Waals surface area contributed by atoms with Crippen LogP contribution in [0.1, 0.15) is 78.6 Å². The first-order valence-electron chi connectivity index (χ1n) is 13.5. The van der Waals surface area contributed by atoms with Gasteiger partial charge in [-0.2, -0.15) is 0 Å². The van der Waals surface area contributed by atoms with Crippen LogP contribution in [0.25, 0.3) is 0 Å². The van der Waals surface area contributed by atoms with Gasteiger partial charge in [-0.05, 0) is 100.0 Å². The van der Waals surface area contributed by atoms with E-state index in [4.69, 9.17) is 0 Å². The van der Waals surface area contributed by atoms with Crippen molar-refractivity contribution in [2.45, 2.75) is 96.7 Å². The molecule has 0 unspecified atom stereocenters. The SMILES string of the molecule is C=C1[C@H](O)CC(=C/C=C2\CCC[C@]3(C)[C@@H]([C@H](C)CN4CCC[C@H](C(C)(F)F)C4)CC[C@@H]23)C[C@H]1O. The zero-order valence-electron chi connectivity index (χ0n) is 21.4. The molecule has 4 aliphatic rings. The van der Waals surface area contributed by atoms with Gasteiger partial charge in [0.25, 0.3) is 0 Å². The molecule has 5 heteroatoms. The molecular formula is C29H45F2NO2. The highest BCUT2D eigenvalue weighted by Gasteiger charge is 2.51. The molecule has 1 heterocycles. The van der Waals surface area contributed by atoms with Crippen molar-refractivity contribution < 1.29 is 19.0 Å². The smallest absolute Gasteiger partial charge is 0.249 e.